The summed E-state index contributed by atoms with van der Waals surface area (Å²) >= 11 is 1.52. The zero-order valence-electron chi connectivity index (χ0n) is 15.6. The van der Waals surface area contributed by atoms with Gasteiger partial charge < -0.3 is 0 Å². The Morgan fingerprint density at radius 1 is 1.07 bits per heavy atom. The summed E-state index contributed by atoms with van der Waals surface area (Å²) < 4.78 is 42.9. The van der Waals surface area contributed by atoms with Crippen molar-refractivity contribution in [2.45, 2.75) is 13.1 Å². The molecule has 1 N–H and O–H groups in total. The second-order valence-corrected chi connectivity index (χ2v) is 7.35. The predicted octanol–water partition coefficient (Wildman–Crippen LogP) is 5.26. The van der Waals surface area contributed by atoms with Gasteiger partial charge in [-0.2, -0.15) is 23.4 Å². The monoisotopic (exact) mass is 428 g/mol. The smallest absolute Gasteiger partial charge is 0.267 e. The average molecular weight is 428 g/mol. The van der Waals surface area contributed by atoms with Crippen LogP contribution in [0.4, 0.5) is 13.2 Å². The molecule has 9 heteroatoms. The van der Waals surface area contributed by atoms with E-state index in [1.165, 1.54) is 23.5 Å². The number of benzene rings is 2. The minimum Gasteiger partial charge on any atom is -0.267 e. The summed E-state index contributed by atoms with van der Waals surface area (Å²) in [7, 11) is 0. The van der Waals surface area contributed by atoms with E-state index >= 15 is 0 Å². The number of hydrogen-bond donors (Lipinski definition) is 1. The Morgan fingerprint density at radius 2 is 1.77 bits per heavy atom. The SMILES string of the molecule is CC(=NNC(=O)c1cnn(-c2ccccc2)c1C(F)(F)F)c1csc2ccccc12. The van der Waals surface area contributed by atoms with E-state index in [9.17, 15) is 18.0 Å². The number of hydrazone groups is 1. The molecule has 5 nitrogen and oxygen atoms in total. The summed E-state index contributed by atoms with van der Waals surface area (Å²) in [6.45, 7) is 1.69. The molecule has 2 aromatic carbocycles. The molecule has 2 heterocycles. The largest absolute Gasteiger partial charge is 0.434 e. The number of thiophene rings is 1. The van der Waals surface area contributed by atoms with Gasteiger partial charge in [0.2, 0.25) is 0 Å². The van der Waals surface area contributed by atoms with Crippen molar-refractivity contribution in [2.75, 3.05) is 0 Å². The number of aromatic nitrogens is 2. The fraction of sp³-hybridized carbons (Fsp3) is 0.0952. The van der Waals surface area contributed by atoms with E-state index in [2.05, 4.69) is 15.6 Å². The maximum atomic E-state index is 13.7. The minimum absolute atomic E-state index is 0.202. The highest BCUT2D eigenvalue weighted by Crippen LogP contribution is 2.33. The van der Waals surface area contributed by atoms with Gasteiger partial charge in [0.1, 0.15) is 0 Å². The van der Waals surface area contributed by atoms with Crippen molar-refractivity contribution in [1.82, 2.24) is 15.2 Å². The van der Waals surface area contributed by atoms with Gasteiger partial charge in [-0.25, -0.2) is 10.1 Å². The van der Waals surface area contributed by atoms with E-state index < -0.39 is 23.3 Å². The molecular formula is C21H15F3N4OS. The molecular weight excluding hydrogens is 413 g/mol. The first-order chi connectivity index (χ1) is 14.4. The average Bonchev–Trinajstić information content (AvgIpc) is 3.37. The molecule has 4 rings (SSSR count). The molecule has 0 saturated heterocycles. The Kier molecular flexibility index (Phi) is 5.13. The van der Waals surface area contributed by atoms with Crippen molar-refractivity contribution < 1.29 is 18.0 Å². The molecule has 0 radical (unpaired) electrons. The van der Waals surface area contributed by atoms with Gasteiger partial charge in [-0.3, -0.25) is 4.79 Å². The standard InChI is InChI=1S/C21H15F3N4OS/c1-13(17-12-30-18-10-6-5-9-15(17)18)26-27-20(29)16-11-25-28(19(16)21(22,23)24)14-7-3-2-4-8-14/h2-12H,1H3,(H,27,29). The quantitative estimate of drug-likeness (QED) is 0.356. The number of rotatable bonds is 4. The normalized spacial score (nSPS) is 12.3. The van der Waals surface area contributed by atoms with Crippen molar-refractivity contribution in [2.24, 2.45) is 5.10 Å². The first-order valence-corrected chi connectivity index (χ1v) is 9.76. The van der Waals surface area contributed by atoms with Crippen LogP contribution in [0.15, 0.2) is 71.3 Å². The van der Waals surface area contributed by atoms with E-state index in [4.69, 9.17) is 0 Å². The lowest BCUT2D eigenvalue weighted by atomic mass is 10.1. The highest BCUT2D eigenvalue weighted by atomic mass is 32.1. The summed E-state index contributed by atoms with van der Waals surface area (Å²) in [5.74, 6) is -0.983. The second-order valence-electron chi connectivity index (χ2n) is 6.44. The van der Waals surface area contributed by atoms with Crippen LogP contribution in [-0.4, -0.2) is 21.4 Å². The number of amides is 1. The van der Waals surface area contributed by atoms with Crippen molar-refractivity contribution in [3.05, 3.63) is 83.0 Å². The van der Waals surface area contributed by atoms with Gasteiger partial charge in [-0.05, 0) is 25.1 Å². The maximum absolute atomic E-state index is 13.7. The van der Waals surface area contributed by atoms with E-state index in [1.54, 1.807) is 25.1 Å². The molecule has 152 valence electrons. The van der Waals surface area contributed by atoms with Gasteiger partial charge in [-0.15, -0.1) is 11.3 Å². The van der Waals surface area contributed by atoms with Gasteiger partial charge in [0.05, 0.1) is 23.2 Å². The third kappa shape index (κ3) is 3.71. The second kappa shape index (κ2) is 7.75. The molecule has 0 unspecified atom stereocenters. The summed E-state index contributed by atoms with van der Waals surface area (Å²) in [5, 5.41) is 10.7. The van der Waals surface area contributed by atoms with Crippen LogP contribution in [0.2, 0.25) is 0 Å². The van der Waals surface area contributed by atoms with Crippen LogP contribution in [-0.2, 0) is 6.18 Å². The molecule has 0 bridgehead atoms. The molecule has 0 aliphatic heterocycles. The molecule has 0 aliphatic carbocycles. The fourth-order valence-corrected chi connectivity index (χ4v) is 4.07. The number of carbonyl (C=O) groups excluding carboxylic acids is 1. The molecule has 0 fully saturated rings. The number of carbonyl (C=O) groups is 1. The number of halogens is 3. The zero-order valence-corrected chi connectivity index (χ0v) is 16.5. The molecule has 1 amide bonds. The van der Waals surface area contributed by atoms with Gasteiger partial charge in [0.15, 0.2) is 5.69 Å². The number of hydrogen-bond acceptors (Lipinski definition) is 4. The fourth-order valence-electron chi connectivity index (χ4n) is 3.07. The topological polar surface area (TPSA) is 59.3 Å². The number of para-hydroxylation sites is 1. The number of fused-ring (bicyclic) bond motifs is 1. The van der Waals surface area contributed by atoms with Gasteiger partial charge in [0.25, 0.3) is 5.91 Å². The van der Waals surface area contributed by atoms with Gasteiger partial charge in [0, 0.05) is 21.0 Å². The third-order valence-electron chi connectivity index (χ3n) is 4.48. The lowest BCUT2D eigenvalue weighted by Crippen LogP contribution is -2.24. The highest BCUT2D eigenvalue weighted by Gasteiger charge is 2.40. The summed E-state index contributed by atoms with van der Waals surface area (Å²) in [6, 6.07) is 15.5. The first kappa shape index (κ1) is 19.8. The molecule has 0 atom stereocenters. The van der Waals surface area contributed by atoms with Crippen LogP contribution in [0.25, 0.3) is 15.8 Å². The van der Waals surface area contributed by atoms with Crippen LogP contribution in [0, 0.1) is 0 Å². The van der Waals surface area contributed by atoms with Crippen LogP contribution in [0.1, 0.15) is 28.5 Å². The Bertz CT molecular complexity index is 1240. The lowest BCUT2D eigenvalue weighted by molar-refractivity contribution is -0.143. The summed E-state index contributed by atoms with van der Waals surface area (Å²) in [5.41, 5.74) is 1.98. The van der Waals surface area contributed by atoms with E-state index in [1.807, 2.05) is 29.6 Å². The molecule has 2 aromatic heterocycles. The van der Waals surface area contributed by atoms with Crippen molar-refractivity contribution >= 4 is 33.0 Å². The third-order valence-corrected chi connectivity index (χ3v) is 5.44. The number of nitrogens with zero attached hydrogens (tertiary/aromatic N) is 3. The van der Waals surface area contributed by atoms with Crippen molar-refractivity contribution in [3.8, 4) is 5.69 Å². The molecule has 0 saturated carbocycles. The summed E-state index contributed by atoms with van der Waals surface area (Å²) in [4.78, 5) is 12.5. The van der Waals surface area contributed by atoms with Crippen molar-refractivity contribution in [3.63, 3.8) is 0 Å². The lowest BCUT2D eigenvalue weighted by Gasteiger charge is -2.12. The number of nitrogens with one attached hydrogen (secondary N) is 1. The van der Waals surface area contributed by atoms with Crippen LogP contribution in [0.3, 0.4) is 0 Å². The van der Waals surface area contributed by atoms with Crippen LogP contribution in [0.5, 0.6) is 0 Å². The molecule has 0 aliphatic rings. The molecule has 4 aromatic rings. The Morgan fingerprint density at radius 3 is 2.50 bits per heavy atom. The Hall–Kier alpha value is -3.46. The zero-order chi connectivity index (χ0) is 21.3. The maximum Gasteiger partial charge on any atom is 0.434 e. The molecule has 30 heavy (non-hydrogen) atoms. The summed E-state index contributed by atoms with van der Waals surface area (Å²) in [6.07, 6.45) is -3.88. The van der Waals surface area contributed by atoms with Gasteiger partial charge in [-0.1, -0.05) is 36.4 Å². The minimum atomic E-state index is -4.78. The van der Waals surface area contributed by atoms with E-state index in [0.717, 1.165) is 21.8 Å². The van der Waals surface area contributed by atoms with Gasteiger partial charge >= 0.3 is 6.18 Å². The first-order valence-electron chi connectivity index (χ1n) is 8.88. The Balaban J connectivity index is 1.65. The van der Waals surface area contributed by atoms with E-state index in [-0.39, 0.29) is 5.69 Å². The van der Waals surface area contributed by atoms with Crippen molar-refractivity contribution in [1.29, 1.82) is 0 Å². The number of alkyl halides is 3. The van der Waals surface area contributed by atoms with Crippen LogP contribution < -0.4 is 5.43 Å². The molecule has 0 spiro atoms. The predicted molar refractivity (Wildman–Crippen MR) is 110 cm³/mol. The highest BCUT2D eigenvalue weighted by molar-refractivity contribution is 7.17. The van der Waals surface area contributed by atoms with Crippen LogP contribution >= 0.6 is 11.3 Å². The van der Waals surface area contributed by atoms with E-state index in [0.29, 0.717) is 10.4 Å². The Labute approximate surface area is 173 Å².